The third kappa shape index (κ3) is 35.0. The normalized spacial score (nSPS) is 27.7. The van der Waals surface area contributed by atoms with Crippen LogP contribution >= 0.6 is 0 Å². The number of ketones is 2. The first-order chi connectivity index (χ1) is 51.8. The van der Waals surface area contributed by atoms with E-state index in [1.54, 1.807) is 40.9 Å². The Morgan fingerprint density at radius 1 is 0.657 bits per heavy atom. The highest BCUT2D eigenvalue weighted by molar-refractivity contribution is 6.39. The van der Waals surface area contributed by atoms with Crippen molar-refractivity contribution in [1.29, 1.82) is 0 Å². The number of carbonyl (C=O) groups excluding carboxylic acids is 8. The molecule has 1 saturated carbocycles. The summed E-state index contributed by atoms with van der Waals surface area (Å²) in [5, 5.41) is 23.2. The van der Waals surface area contributed by atoms with Crippen LogP contribution < -0.4 is 0 Å². The fraction of sp³-hybridized carbons (Fsp3) is 0.841. The fourth-order valence-electron chi connectivity index (χ4n) is 16.3. The molecule has 20 nitrogen and oxygen atoms in total. The van der Waals surface area contributed by atoms with Crippen LogP contribution in [0.25, 0.3) is 0 Å². The average molecular weight is 1530 g/mol. The van der Waals surface area contributed by atoms with Crippen molar-refractivity contribution in [2.24, 2.45) is 41.4 Å². The van der Waals surface area contributed by atoms with Crippen molar-refractivity contribution >= 4 is 47.3 Å². The third-order valence-corrected chi connectivity index (χ3v) is 23.3. The maximum Gasteiger partial charge on any atom is 0.329 e. The van der Waals surface area contributed by atoms with Crippen molar-refractivity contribution in [3.8, 4) is 0 Å². The third-order valence-electron chi connectivity index (χ3n) is 23.3. The second-order valence-electron chi connectivity index (χ2n) is 32.9. The van der Waals surface area contributed by atoms with Gasteiger partial charge in [-0.1, -0.05) is 226 Å². The number of aliphatic hydroxyl groups excluding tert-OH is 1. The molecule has 16 atom stereocenters. The molecule has 2 saturated heterocycles. The topological polar surface area (TPSA) is 263 Å². The molecule has 2 N–H and O–H groups in total. The SMILES string of the molecule is C=CC[C@@H]1/C=C(\C)C[C@H](C)C[C@H](OC)C2O[C@@](O)(C(=O)C(=O)N3CCCCC3C(=O)O[C@H](/C(C)=C/[C@@H]3CC[C@@H](O)[C@H](OC)C3)[C@H](C)[C@@H](OC(=O)C(C)CCC(C)CC(=O)OC(COC(=O)CCCCCCCCCCCCCCC)COC(=O)CCCCCCCCCCCCCCC)CC1=O)[C@H](C)C[C@@H]2OC. The number of allylic oxidation sites excluding steroid dienone is 4. The van der Waals surface area contributed by atoms with Gasteiger partial charge in [-0.3, -0.25) is 33.6 Å². The Morgan fingerprint density at radius 3 is 1.69 bits per heavy atom. The average Bonchev–Trinajstić information content (AvgIpc) is 0.775. The molecular weight excluding hydrogens is 1370 g/mol. The van der Waals surface area contributed by atoms with Crippen LogP contribution in [-0.4, -0.2) is 164 Å². The van der Waals surface area contributed by atoms with Crippen LogP contribution in [0.4, 0.5) is 0 Å². The second-order valence-corrected chi connectivity index (χ2v) is 32.9. The number of esters is 5. The van der Waals surface area contributed by atoms with Gasteiger partial charge in [-0.15, -0.1) is 6.58 Å². The summed E-state index contributed by atoms with van der Waals surface area (Å²) in [7, 11) is 4.58. The highest BCUT2D eigenvalue weighted by atomic mass is 16.7. The zero-order chi connectivity index (χ0) is 79.4. The van der Waals surface area contributed by atoms with E-state index in [9.17, 15) is 39.0 Å². The van der Waals surface area contributed by atoms with Crippen molar-refractivity contribution in [2.75, 3.05) is 41.1 Å². The monoisotopic (exact) mass is 1520 g/mol. The second kappa shape index (κ2) is 54.0. The first-order valence-electron chi connectivity index (χ1n) is 42.8. The number of hydrogen-bond donors (Lipinski definition) is 2. The van der Waals surface area contributed by atoms with Gasteiger partial charge < -0.3 is 57.7 Å². The number of hydrogen-bond acceptors (Lipinski definition) is 19. The number of amides is 1. The first kappa shape index (κ1) is 95.5. The molecule has 0 radical (unpaired) electrons. The van der Waals surface area contributed by atoms with Gasteiger partial charge in [-0.2, -0.15) is 0 Å². The van der Waals surface area contributed by atoms with Crippen LogP contribution in [0.1, 0.15) is 332 Å². The van der Waals surface area contributed by atoms with E-state index >= 15 is 9.59 Å². The molecule has 1 amide bonds. The van der Waals surface area contributed by atoms with Gasteiger partial charge in [0.2, 0.25) is 5.79 Å². The Hall–Kier alpha value is -4.86. The molecule has 3 heterocycles. The maximum atomic E-state index is 15.2. The van der Waals surface area contributed by atoms with Crippen LogP contribution in [0.3, 0.4) is 0 Å². The Bertz CT molecular complexity index is 2650. The number of cyclic esters (lactones) is 1. The number of methoxy groups -OCH3 is 3. The molecule has 0 aromatic carbocycles. The predicted molar refractivity (Wildman–Crippen MR) is 421 cm³/mol. The fourth-order valence-corrected chi connectivity index (χ4v) is 16.3. The zero-order valence-electron chi connectivity index (χ0n) is 69.3. The van der Waals surface area contributed by atoms with E-state index in [0.717, 1.165) is 44.1 Å². The molecule has 0 aromatic rings. The summed E-state index contributed by atoms with van der Waals surface area (Å²) < 4.78 is 54.5. The van der Waals surface area contributed by atoms with E-state index in [1.165, 1.54) is 135 Å². The number of fused-ring (bicyclic) bond motifs is 3. The molecule has 20 heteroatoms. The number of aliphatic hydroxyl groups is 2. The van der Waals surface area contributed by atoms with Crippen LogP contribution in [-0.2, 0) is 81.0 Å². The Labute approximate surface area is 651 Å². The lowest BCUT2D eigenvalue weighted by atomic mass is 9.81. The van der Waals surface area contributed by atoms with Crippen molar-refractivity contribution in [1.82, 2.24) is 4.90 Å². The number of nitrogens with zero attached hydrogens (tertiary/aromatic N) is 1. The number of piperidine rings is 1. The molecule has 108 heavy (non-hydrogen) atoms. The lowest BCUT2D eigenvalue weighted by Gasteiger charge is -2.47. The minimum Gasteiger partial charge on any atom is -0.462 e. The molecule has 4 aliphatic rings. The predicted octanol–water partition coefficient (Wildman–Crippen LogP) is 17.6. The number of unbranched alkanes of at least 4 members (excludes halogenated alkanes) is 24. The van der Waals surface area contributed by atoms with Crippen LogP contribution in [0.2, 0.25) is 0 Å². The summed E-state index contributed by atoms with van der Waals surface area (Å²) in [5.74, 6) is -11.8. The quantitative estimate of drug-likeness (QED) is 0.0188. The van der Waals surface area contributed by atoms with Crippen molar-refractivity contribution in [3.05, 3.63) is 36.0 Å². The molecule has 4 rings (SSSR count). The summed E-state index contributed by atoms with van der Waals surface area (Å²) in [4.78, 5) is 116. The van der Waals surface area contributed by atoms with Gasteiger partial charge >= 0.3 is 29.8 Å². The molecule has 1 aliphatic carbocycles. The lowest BCUT2D eigenvalue weighted by molar-refractivity contribution is -0.302. The standard InChI is InChI=1S/C88H149NO19/c1-14-17-19-21-23-25-27-29-31-33-35-37-39-45-79(92)103-60-71(61-104-80(93)46-40-38-36-34-32-30-28-26-24-22-20-18-15-2)105-81(94)55-62(4)47-48-65(7)86(97)106-75-59-74(91)70(43-16-3)53-63(5)52-64(6)54-77(101-12)83-78(102-13)57-67(9)88(99,108-83)84(95)85(96)89-51-42-41-44-72(89)87(98)107-82(68(75)10)66(8)56-69-49-50-73(90)76(58-69)100-11/h16,53,56,62,64-65,67-73,75-78,82-83,90,99H,3,14-15,17-52,54-55,57-61H2,1-2,4-13H3/b63-53+,66-56+/t62?,64-,65?,67+,68+,69-,70+,72?,73+,75-,76+,77-,78-,82+,83?,88+/m0/s1. The lowest BCUT2D eigenvalue weighted by Crippen LogP contribution is -2.64. The van der Waals surface area contributed by atoms with Crippen molar-refractivity contribution < 1.29 is 91.2 Å². The van der Waals surface area contributed by atoms with Crippen LogP contribution in [0.15, 0.2) is 36.0 Å². The Morgan fingerprint density at radius 2 is 1.18 bits per heavy atom. The smallest absolute Gasteiger partial charge is 0.329 e. The number of Topliss-reactive ketones (excluding diaryl/α,β-unsaturated/α-hetero) is 2. The largest absolute Gasteiger partial charge is 0.462 e. The van der Waals surface area contributed by atoms with E-state index in [-0.39, 0.29) is 94.7 Å². The highest BCUT2D eigenvalue weighted by Crippen LogP contribution is 2.40. The maximum absolute atomic E-state index is 15.2. The molecule has 0 aromatic heterocycles. The van der Waals surface area contributed by atoms with Gasteiger partial charge in [-0.05, 0) is 127 Å². The molecular formula is C88H149NO19. The van der Waals surface area contributed by atoms with Gasteiger partial charge in [0.1, 0.15) is 43.4 Å². The van der Waals surface area contributed by atoms with Crippen LogP contribution in [0, 0.1) is 41.4 Å². The summed E-state index contributed by atoms with van der Waals surface area (Å²) in [5.41, 5.74) is 1.46. The van der Waals surface area contributed by atoms with E-state index in [4.69, 9.17) is 42.6 Å². The Balaban J connectivity index is 1.55. The Kier molecular flexibility index (Phi) is 47.7. The van der Waals surface area contributed by atoms with Gasteiger partial charge in [0.05, 0.1) is 30.3 Å². The van der Waals surface area contributed by atoms with Gasteiger partial charge in [0.15, 0.2) is 6.10 Å². The minimum atomic E-state index is -2.60. The van der Waals surface area contributed by atoms with E-state index in [2.05, 4.69) is 20.4 Å². The summed E-state index contributed by atoms with van der Waals surface area (Å²) in [6.07, 6.45) is 34.1. The minimum absolute atomic E-state index is 0.00640. The summed E-state index contributed by atoms with van der Waals surface area (Å²) in [6.45, 7) is 20.7. The summed E-state index contributed by atoms with van der Waals surface area (Å²) in [6, 6.07) is -1.27. The number of carbonyl (C=O) groups is 8. The van der Waals surface area contributed by atoms with Crippen molar-refractivity contribution in [2.45, 2.75) is 393 Å². The number of rotatable bonds is 47. The van der Waals surface area contributed by atoms with Gasteiger partial charge in [-0.25, -0.2) is 4.79 Å². The highest BCUT2D eigenvalue weighted by Gasteiger charge is 2.57. The van der Waals surface area contributed by atoms with E-state index < -0.39 is 126 Å². The molecule has 0 spiro atoms. The molecule has 620 valence electrons. The van der Waals surface area contributed by atoms with E-state index in [1.807, 2.05) is 32.9 Å². The van der Waals surface area contributed by atoms with E-state index in [0.29, 0.717) is 69.8 Å². The molecule has 3 fully saturated rings. The first-order valence-corrected chi connectivity index (χ1v) is 42.8. The zero-order valence-corrected chi connectivity index (χ0v) is 69.3. The van der Waals surface area contributed by atoms with Gasteiger partial charge in [0.25, 0.3) is 11.7 Å². The van der Waals surface area contributed by atoms with Crippen molar-refractivity contribution in [3.63, 3.8) is 0 Å². The van der Waals surface area contributed by atoms with Gasteiger partial charge in [0, 0.05) is 71.3 Å². The summed E-state index contributed by atoms with van der Waals surface area (Å²) >= 11 is 0. The van der Waals surface area contributed by atoms with Crippen LogP contribution in [0.5, 0.6) is 0 Å². The molecule has 3 aliphatic heterocycles. The molecule has 2 bridgehead atoms. The molecule has 4 unspecified atom stereocenters. The number of ether oxygens (including phenoxy) is 9.